The molecular weight excluding hydrogens is 228 g/mol. The van der Waals surface area contributed by atoms with Crippen molar-refractivity contribution in [2.75, 3.05) is 18.9 Å². The van der Waals surface area contributed by atoms with Crippen LogP contribution in [0, 0.1) is 5.92 Å². The Morgan fingerprint density at radius 1 is 1.50 bits per heavy atom. The molecule has 1 aliphatic rings. The average molecular weight is 248 g/mol. The third-order valence-corrected chi connectivity index (χ3v) is 3.07. The Labute approximate surface area is 108 Å². The second-order valence-electron chi connectivity index (χ2n) is 4.70. The van der Waals surface area contributed by atoms with Crippen molar-refractivity contribution in [3.8, 4) is 5.75 Å². The van der Waals surface area contributed by atoms with Crippen LogP contribution in [0.1, 0.15) is 36.5 Å². The van der Waals surface area contributed by atoms with Crippen molar-refractivity contribution in [3.63, 3.8) is 0 Å². The maximum atomic E-state index is 11.9. The van der Waals surface area contributed by atoms with Crippen LogP contribution >= 0.6 is 0 Å². The van der Waals surface area contributed by atoms with Crippen LogP contribution in [0.4, 0.5) is 5.69 Å². The van der Waals surface area contributed by atoms with Crippen LogP contribution in [0.5, 0.6) is 5.75 Å². The average Bonchev–Trinajstić information content (AvgIpc) is 3.13. The maximum Gasteiger partial charge on any atom is 0.255 e. The van der Waals surface area contributed by atoms with E-state index in [0.29, 0.717) is 30.2 Å². The molecule has 2 rings (SSSR count). The molecule has 18 heavy (non-hydrogen) atoms. The summed E-state index contributed by atoms with van der Waals surface area (Å²) < 4.78 is 5.70. The molecule has 0 radical (unpaired) electrons. The van der Waals surface area contributed by atoms with Crippen LogP contribution in [-0.2, 0) is 0 Å². The number of nitrogens with two attached hydrogens (primary N) is 1. The molecule has 0 unspecified atom stereocenters. The van der Waals surface area contributed by atoms with E-state index >= 15 is 0 Å². The minimum atomic E-state index is -0.112. The van der Waals surface area contributed by atoms with E-state index in [2.05, 4.69) is 5.32 Å². The first-order valence-corrected chi connectivity index (χ1v) is 6.51. The van der Waals surface area contributed by atoms with Gasteiger partial charge in [0.15, 0.2) is 0 Å². The number of nitrogens with one attached hydrogen (secondary N) is 1. The minimum absolute atomic E-state index is 0.112. The molecule has 0 saturated heterocycles. The largest absolute Gasteiger partial charge is 0.493 e. The molecule has 1 fully saturated rings. The molecule has 0 aromatic heterocycles. The number of amides is 1. The number of nitrogen functional groups attached to an aromatic ring is 1. The minimum Gasteiger partial charge on any atom is -0.493 e. The summed E-state index contributed by atoms with van der Waals surface area (Å²) in [5, 5.41) is 2.77. The second kappa shape index (κ2) is 5.76. The molecule has 0 atom stereocenters. The van der Waals surface area contributed by atoms with Gasteiger partial charge < -0.3 is 15.8 Å². The quantitative estimate of drug-likeness (QED) is 0.758. The first kappa shape index (κ1) is 12.7. The molecule has 1 amide bonds. The lowest BCUT2D eigenvalue weighted by molar-refractivity contribution is 0.0951. The molecule has 1 aromatic carbocycles. The zero-order valence-electron chi connectivity index (χ0n) is 10.7. The summed E-state index contributed by atoms with van der Waals surface area (Å²) >= 11 is 0. The van der Waals surface area contributed by atoms with Crippen LogP contribution < -0.4 is 15.8 Å². The highest BCUT2D eigenvalue weighted by Crippen LogP contribution is 2.32. The number of hydrogen-bond acceptors (Lipinski definition) is 3. The van der Waals surface area contributed by atoms with E-state index in [-0.39, 0.29) is 5.91 Å². The van der Waals surface area contributed by atoms with Gasteiger partial charge in [-0.2, -0.15) is 0 Å². The number of ether oxygens (including phenoxy) is 1. The lowest BCUT2D eigenvalue weighted by Gasteiger charge is -2.11. The highest BCUT2D eigenvalue weighted by Gasteiger charge is 2.21. The molecule has 1 saturated carbocycles. The highest BCUT2D eigenvalue weighted by atomic mass is 16.5. The van der Waals surface area contributed by atoms with Gasteiger partial charge in [-0.3, -0.25) is 4.79 Å². The van der Waals surface area contributed by atoms with Gasteiger partial charge in [0, 0.05) is 18.3 Å². The molecule has 0 aliphatic heterocycles. The van der Waals surface area contributed by atoms with Crippen LogP contribution in [-0.4, -0.2) is 19.1 Å². The van der Waals surface area contributed by atoms with Gasteiger partial charge in [0.2, 0.25) is 0 Å². The van der Waals surface area contributed by atoms with Crippen LogP contribution in [0.25, 0.3) is 0 Å². The monoisotopic (exact) mass is 248 g/mol. The number of rotatable bonds is 6. The number of carbonyl (C=O) groups excluding carboxylic acids is 1. The number of carbonyl (C=O) groups is 1. The Morgan fingerprint density at radius 2 is 2.28 bits per heavy atom. The molecule has 1 aliphatic carbocycles. The second-order valence-corrected chi connectivity index (χ2v) is 4.70. The number of hydrogen-bond donors (Lipinski definition) is 2. The fraction of sp³-hybridized carbons (Fsp3) is 0.500. The molecule has 98 valence electrons. The first-order chi connectivity index (χ1) is 8.70. The fourth-order valence-electron chi connectivity index (χ4n) is 1.84. The summed E-state index contributed by atoms with van der Waals surface area (Å²) in [6.07, 6.45) is 3.68. The fourth-order valence-corrected chi connectivity index (χ4v) is 1.84. The molecule has 0 spiro atoms. The molecule has 4 heteroatoms. The third kappa shape index (κ3) is 3.39. The normalized spacial score (nSPS) is 14.3. The van der Waals surface area contributed by atoms with E-state index in [4.69, 9.17) is 10.5 Å². The first-order valence-electron chi connectivity index (χ1n) is 6.51. The van der Waals surface area contributed by atoms with E-state index < -0.39 is 0 Å². The Bertz CT molecular complexity index is 428. The number of benzene rings is 1. The van der Waals surface area contributed by atoms with Crippen molar-refractivity contribution in [1.82, 2.24) is 5.32 Å². The van der Waals surface area contributed by atoms with Gasteiger partial charge in [0.05, 0.1) is 12.2 Å². The maximum absolute atomic E-state index is 11.9. The molecule has 1 aromatic rings. The summed E-state index contributed by atoms with van der Waals surface area (Å²) in [5.41, 5.74) is 6.91. The summed E-state index contributed by atoms with van der Waals surface area (Å²) in [7, 11) is 0. The van der Waals surface area contributed by atoms with Crippen molar-refractivity contribution < 1.29 is 9.53 Å². The predicted octanol–water partition coefficient (Wildman–Crippen LogP) is 2.20. The Kier molecular flexibility index (Phi) is 4.07. The lowest BCUT2D eigenvalue weighted by atomic mass is 10.1. The molecule has 0 bridgehead atoms. The van der Waals surface area contributed by atoms with E-state index in [1.165, 1.54) is 12.8 Å². The Hall–Kier alpha value is -1.71. The van der Waals surface area contributed by atoms with Gasteiger partial charge in [0.25, 0.3) is 5.91 Å². The van der Waals surface area contributed by atoms with Crippen molar-refractivity contribution in [3.05, 3.63) is 23.8 Å². The topological polar surface area (TPSA) is 64.4 Å². The molecule has 4 nitrogen and oxygen atoms in total. The summed E-state index contributed by atoms with van der Waals surface area (Å²) in [5.74, 6) is 1.29. The Morgan fingerprint density at radius 3 is 2.94 bits per heavy atom. The third-order valence-electron chi connectivity index (χ3n) is 3.07. The molecule has 3 N–H and O–H groups in total. The zero-order valence-corrected chi connectivity index (χ0v) is 10.7. The SMILES string of the molecule is CCNC(=O)c1ccc(N)cc1OCCC1CC1. The zero-order chi connectivity index (χ0) is 13.0. The van der Waals surface area contributed by atoms with Crippen molar-refractivity contribution in [2.24, 2.45) is 5.92 Å². The van der Waals surface area contributed by atoms with Crippen molar-refractivity contribution >= 4 is 11.6 Å². The van der Waals surface area contributed by atoms with E-state index in [1.54, 1.807) is 18.2 Å². The smallest absolute Gasteiger partial charge is 0.255 e. The summed E-state index contributed by atoms with van der Waals surface area (Å²) in [6.45, 7) is 3.15. The lowest BCUT2D eigenvalue weighted by Crippen LogP contribution is -2.23. The predicted molar refractivity (Wildman–Crippen MR) is 71.7 cm³/mol. The van der Waals surface area contributed by atoms with Crippen LogP contribution in [0.3, 0.4) is 0 Å². The van der Waals surface area contributed by atoms with Gasteiger partial charge in [-0.25, -0.2) is 0 Å². The highest BCUT2D eigenvalue weighted by molar-refractivity contribution is 5.97. The van der Waals surface area contributed by atoms with Crippen LogP contribution in [0.2, 0.25) is 0 Å². The van der Waals surface area contributed by atoms with E-state index in [9.17, 15) is 4.79 Å². The van der Waals surface area contributed by atoms with Crippen LogP contribution in [0.15, 0.2) is 18.2 Å². The molecular formula is C14H20N2O2. The van der Waals surface area contributed by atoms with Gasteiger partial charge >= 0.3 is 0 Å². The van der Waals surface area contributed by atoms with E-state index in [1.807, 2.05) is 6.92 Å². The van der Waals surface area contributed by atoms with Gasteiger partial charge in [0.1, 0.15) is 5.75 Å². The van der Waals surface area contributed by atoms with Gasteiger partial charge in [-0.05, 0) is 31.4 Å². The van der Waals surface area contributed by atoms with Gasteiger partial charge in [-0.15, -0.1) is 0 Å². The standard InChI is InChI=1S/C14H20N2O2/c1-2-16-14(17)12-6-5-11(15)9-13(12)18-8-7-10-3-4-10/h5-6,9-10H,2-4,7-8,15H2,1H3,(H,16,17). The van der Waals surface area contributed by atoms with Crippen molar-refractivity contribution in [2.45, 2.75) is 26.2 Å². The van der Waals surface area contributed by atoms with E-state index in [0.717, 1.165) is 12.3 Å². The Balaban J connectivity index is 2.03. The summed E-state index contributed by atoms with van der Waals surface area (Å²) in [6, 6.07) is 5.16. The van der Waals surface area contributed by atoms with Gasteiger partial charge in [-0.1, -0.05) is 12.8 Å². The number of anilines is 1. The molecule has 0 heterocycles. The van der Waals surface area contributed by atoms with Crippen molar-refractivity contribution in [1.29, 1.82) is 0 Å². The summed E-state index contributed by atoms with van der Waals surface area (Å²) in [4.78, 5) is 11.9.